The summed E-state index contributed by atoms with van der Waals surface area (Å²) in [6, 6.07) is 9.37. The van der Waals surface area contributed by atoms with E-state index in [4.69, 9.17) is 0 Å². The molecular formula is C19H21N5O2. The molecule has 4 rings (SSSR count). The normalized spacial score (nSPS) is 15.2. The molecule has 0 unspecified atom stereocenters. The zero-order chi connectivity index (χ0) is 18.1. The van der Waals surface area contributed by atoms with Crippen LogP contribution in [0.2, 0.25) is 0 Å². The van der Waals surface area contributed by atoms with E-state index in [-0.39, 0.29) is 17.2 Å². The fourth-order valence-electron chi connectivity index (χ4n) is 3.41. The number of carbonyl (C=O) groups is 1. The van der Waals surface area contributed by atoms with Crippen LogP contribution in [0.3, 0.4) is 0 Å². The number of benzene rings is 1. The summed E-state index contributed by atoms with van der Waals surface area (Å²) in [5, 5.41) is 4.52. The van der Waals surface area contributed by atoms with Crippen molar-refractivity contribution >= 4 is 16.9 Å². The molecule has 1 amide bonds. The summed E-state index contributed by atoms with van der Waals surface area (Å²) in [5.41, 5.74) is 1.47. The van der Waals surface area contributed by atoms with Crippen LogP contribution in [0.25, 0.3) is 16.7 Å². The second-order valence-corrected chi connectivity index (χ2v) is 6.66. The largest absolute Gasteiger partial charge is 0.337 e. The van der Waals surface area contributed by atoms with Crippen LogP contribution in [0.5, 0.6) is 0 Å². The Balaban J connectivity index is 1.89. The highest BCUT2D eigenvalue weighted by molar-refractivity contribution is 6.03. The second-order valence-electron chi connectivity index (χ2n) is 6.66. The Bertz CT molecular complexity index is 998. The van der Waals surface area contributed by atoms with Crippen molar-refractivity contribution in [1.29, 1.82) is 0 Å². The van der Waals surface area contributed by atoms with Gasteiger partial charge in [0.1, 0.15) is 5.52 Å². The summed E-state index contributed by atoms with van der Waals surface area (Å²) in [5.74, 6) is -0.146. The molecular weight excluding hydrogens is 330 g/mol. The molecule has 3 heterocycles. The molecule has 1 aromatic carbocycles. The average Bonchev–Trinajstić information content (AvgIpc) is 2.85. The van der Waals surface area contributed by atoms with Gasteiger partial charge in [-0.3, -0.25) is 9.59 Å². The van der Waals surface area contributed by atoms with Crippen LogP contribution in [0.15, 0.2) is 41.5 Å². The third-order valence-electron chi connectivity index (χ3n) is 4.84. The highest BCUT2D eigenvalue weighted by Crippen LogP contribution is 2.20. The Morgan fingerprint density at radius 3 is 2.42 bits per heavy atom. The molecule has 0 atom stereocenters. The van der Waals surface area contributed by atoms with E-state index in [1.54, 1.807) is 7.05 Å². The molecule has 1 saturated heterocycles. The van der Waals surface area contributed by atoms with Crippen molar-refractivity contribution < 1.29 is 4.79 Å². The van der Waals surface area contributed by atoms with Gasteiger partial charge in [-0.15, -0.1) is 0 Å². The smallest absolute Gasteiger partial charge is 0.279 e. The molecule has 3 aromatic rings. The summed E-state index contributed by atoms with van der Waals surface area (Å²) in [4.78, 5) is 32.0. The van der Waals surface area contributed by atoms with Crippen molar-refractivity contribution in [1.82, 2.24) is 24.2 Å². The predicted molar refractivity (Wildman–Crippen MR) is 98.5 cm³/mol. The number of hydrogen-bond acceptors (Lipinski definition) is 4. The molecule has 2 aromatic heterocycles. The summed E-state index contributed by atoms with van der Waals surface area (Å²) < 4.78 is 2.94. The average molecular weight is 351 g/mol. The summed E-state index contributed by atoms with van der Waals surface area (Å²) >= 11 is 0. The molecule has 1 fully saturated rings. The first-order valence-corrected chi connectivity index (χ1v) is 8.96. The Morgan fingerprint density at radius 2 is 1.73 bits per heavy atom. The molecule has 0 radical (unpaired) electrons. The molecule has 0 aliphatic carbocycles. The minimum atomic E-state index is -0.221. The maximum absolute atomic E-state index is 13.1. The number of amides is 1. The third-order valence-corrected chi connectivity index (χ3v) is 4.84. The third kappa shape index (κ3) is 2.79. The number of carbonyl (C=O) groups excluding carboxylic acids is 1. The molecule has 0 spiro atoms. The molecule has 1 aliphatic rings. The van der Waals surface area contributed by atoms with Crippen molar-refractivity contribution in [3.8, 4) is 5.69 Å². The van der Waals surface area contributed by atoms with E-state index in [2.05, 4.69) is 10.1 Å². The monoisotopic (exact) mass is 351 g/mol. The summed E-state index contributed by atoms with van der Waals surface area (Å²) in [6.45, 7) is 1.45. The van der Waals surface area contributed by atoms with Gasteiger partial charge in [0, 0.05) is 20.1 Å². The molecule has 7 nitrogen and oxygen atoms in total. The Hall–Kier alpha value is -2.96. The molecule has 26 heavy (non-hydrogen) atoms. The summed E-state index contributed by atoms with van der Waals surface area (Å²) in [7, 11) is 1.65. The van der Waals surface area contributed by atoms with Crippen LogP contribution in [0, 0.1) is 0 Å². The van der Waals surface area contributed by atoms with Crippen molar-refractivity contribution in [2.45, 2.75) is 25.7 Å². The zero-order valence-corrected chi connectivity index (χ0v) is 14.8. The van der Waals surface area contributed by atoms with Crippen LogP contribution in [0.4, 0.5) is 0 Å². The van der Waals surface area contributed by atoms with Crippen LogP contribution in [-0.4, -0.2) is 43.2 Å². The lowest BCUT2D eigenvalue weighted by atomic mass is 10.2. The number of likely N-dealkylation sites (tertiary alicyclic amines) is 1. The Morgan fingerprint density at radius 1 is 1.04 bits per heavy atom. The first-order valence-electron chi connectivity index (χ1n) is 8.96. The van der Waals surface area contributed by atoms with E-state index < -0.39 is 0 Å². The lowest BCUT2D eigenvalue weighted by molar-refractivity contribution is 0.0757. The fraction of sp³-hybridized carbons (Fsp3) is 0.368. The molecule has 7 heteroatoms. The Kier molecular flexibility index (Phi) is 4.28. The van der Waals surface area contributed by atoms with E-state index in [1.165, 1.54) is 15.6 Å². The minimum Gasteiger partial charge on any atom is -0.337 e. The molecule has 1 aliphatic heterocycles. The maximum atomic E-state index is 13.1. The van der Waals surface area contributed by atoms with Gasteiger partial charge >= 0.3 is 0 Å². The molecule has 134 valence electrons. The van der Waals surface area contributed by atoms with E-state index in [0.717, 1.165) is 44.5 Å². The second kappa shape index (κ2) is 6.74. The quantitative estimate of drug-likeness (QED) is 0.709. The number of rotatable bonds is 2. The molecule has 0 saturated carbocycles. The highest BCUT2D eigenvalue weighted by Gasteiger charge is 2.26. The predicted octanol–water partition coefficient (Wildman–Crippen LogP) is 2.14. The van der Waals surface area contributed by atoms with Crippen LogP contribution < -0.4 is 5.56 Å². The fourth-order valence-corrected chi connectivity index (χ4v) is 3.41. The number of para-hydroxylation sites is 1. The van der Waals surface area contributed by atoms with Gasteiger partial charge in [-0.05, 0) is 25.0 Å². The van der Waals surface area contributed by atoms with Gasteiger partial charge in [-0.2, -0.15) is 5.10 Å². The van der Waals surface area contributed by atoms with E-state index in [9.17, 15) is 9.59 Å². The van der Waals surface area contributed by atoms with Crippen LogP contribution >= 0.6 is 0 Å². The number of hydrogen-bond donors (Lipinski definition) is 0. The first kappa shape index (κ1) is 16.5. The van der Waals surface area contributed by atoms with Gasteiger partial charge in [-0.25, -0.2) is 9.67 Å². The van der Waals surface area contributed by atoms with Gasteiger partial charge in [0.15, 0.2) is 11.2 Å². The number of fused-ring (bicyclic) bond motifs is 1. The van der Waals surface area contributed by atoms with Gasteiger partial charge in [-0.1, -0.05) is 31.0 Å². The zero-order valence-electron chi connectivity index (χ0n) is 14.8. The van der Waals surface area contributed by atoms with Gasteiger partial charge in [0.05, 0.1) is 12.0 Å². The number of nitrogens with zero attached hydrogens (tertiary/aromatic N) is 5. The Labute approximate surface area is 150 Å². The van der Waals surface area contributed by atoms with Crippen LogP contribution in [0.1, 0.15) is 36.2 Å². The van der Waals surface area contributed by atoms with Crippen molar-refractivity contribution in [3.05, 3.63) is 52.7 Å². The number of aromatic nitrogens is 4. The SMILES string of the molecule is Cn1cnc2c(C(=O)N3CCCCCC3)nn(-c3ccccc3)c2c1=O. The lowest BCUT2D eigenvalue weighted by Gasteiger charge is -2.18. The summed E-state index contributed by atoms with van der Waals surface area (Å²) in [6.07, 6.45) is 5.72. The molecule has 0 bridgehead atoms. The topological polar surface area (TPSA) is 73.0 Å². The van der Waals surface area contributed by atoms with Gasteiger partial charge in [0.25, 0.3) is 11.5 Å². The number of aryl methyl sites for hydroxylation is 1. The minimum absolute atomic E-state index is 0.146. The van der Waals surface area contributed by atoms with E-state index >= 15 is 0 Å². The lowest BCUT2D eigenvalue weighted by Crippen LogP contribution is -2.32. The van der Waals surface area contributed by atoms with Gasteiger partial charge in [0.2, 0.25) is 0 Å². The maximum Gasteiger partial charge on any atom is 0.279 e. The highest BCUT2D eigenvalue weighted by atomic mass is 16.2. The molecule has 0 N–H and O–H groups in total. The van der Waals surface area contributed by atoms with E-state index in [0.29, 0.717) is 11.0 Å². The first-order chi connectivity index (χ1) is 12.7. The van der Waals surface area contributed by atoms with Crippen molar-refractivity contribution in [2.24, 2.45) is 7.05 Å². The van der Waals surface area contributed by atoms with Gasteiger partial charge < -0.3 is 9.47 Å². The standard InChI is InChI=1S/C19H21N5O2/c1-22-13-20-15-16(18(25)23-11-7-2-3-8-12-23)21-24(17(15)19(22)26)14-9-5-4-6-10-14/h4-6,9-10,13H,2-3,7-8,11-12H2,1H3. The van der Waals surface area contributed by atoms with E-state index in [1.807, 2.05) is 35.2 Å². The van der Waals surface area contributed by atoms with Crippen molar-refractivity contribution in [2.75, 3.05) is 13.1 Å². The van der Waals surface area contributed by atoms with Crippen LogP contribution in [-0.2, 0) is 7.05 Å². The van der Waals surface area contributed by atoms with Crippen molar-refractivity contribution in [3.63, 3.8) is 0 Å².